The highest BCUT2D eigenvalue weighted by molar-refractivity contribution is 7.89. The maximum absolute atomic E-state index is 12.7. The molecule has 0 saturated carbocycles. The predicted octanol–water partition coefficient (Wildman–Crippen LogP) is 1.61. The first kappa shape index (κ1) is 16.4. The van der Waals surface area contributed by atoms with Gasteiger partial charge in [0.05, 0.1) is 16.5 Å². The molecule has 2 unspecified atom stereocenters. The summed E-state index contributed by atoms with van der Waals surface area (Å²) in [5, 5.41) is 0. The second-order valence-electron chi connectivity index (χ2n) is 6.03. The minimum atomic E-state index is -3.60. The molecule has 0 bridgehead atoms. The summed E-state index contributed by atoms with van der Waals surface area (Å²) in [4.78, 5) is 0.300. The molecule has 118 valence electrons. The van der Waals surface area contributed by atoms with E-state index in [1.807, 2.05) is 26.8 Å². The number of benzene rings is 1. The normalized spacial score (nSPS) is 26.2. The van der Waals surface area contributed by atoms with Crippen molar-refractivity contribution in [3.05, 3.63) is 28.8 Å². The van der Waals surface area contributed by atoms with E-state index in [2.05, 4.69) is 4.72 Å². The molecule has 1 aromatic carbocycles. The largest absolute Gasteiger partial charge is 0.376 e. The van der Waals surface area contributed by atoms with Gasteiger partial charge < -0.3 is 10.5 Å². The Kier molecular flexibility index (Phi) is 4.44. The molecule has 0 aliphatic carbocycles. The second kappa shape index (κ2) is 5.68. The fourth-order valence-electron chi connectivity index (χ4n) is 2.71. The Morgan fingerprint density at radius 2 is 2.05 bits per heavy atom. The number of hydrogen-bond donors (Lipinski definition) is 2. The standard InChI is InChI=1S/C15H24N2O3S/c1-10-7-11(2)14(8-13(10)9-16)21(18,19)17-15(4)5-6-20-12(15)3/h7-8,12,17H,5-6,9,16H2,1-4H3. The van der Waals surface area contributed by atoms with Gasteiger partial charge in [-0.05, 0) is 56.9 Å². The van der Waals surface area contributed by atoms with Gasteiger partial charge in [-0.15, -0.1) is 0 Å². The van der Waals surface area contributed by atoms with Crippen LogP contribution in [-0.2, 0) is 21.3 Å². The van der Waals surface area contributed by atoms with Gasteiger partial charge in [-0.1, -0.05) is 6.07 Å². The first-order chi connectivity index (χ1) is 9.69. The molecule has 0 radical (unpaired) electrons. The molecule has 21 heavy (non-hydrogen) atoms. The van der Waals surface area contributed by atoms with Crippen LogP contribution in [0.15, 0.2) is 17.0 Å². The Bertz CT molecular complexity index is 643. The molecule has 5 nitrogen and oxygen atoms in total. The zero-order valence-corrected chi connectivity index (χ0v) is 13.9. The molecule has 1 heterocycles. The third-order valence-electron chi connectivity index (χ3n) is 4.40. The molecule has 1 saturated heterocycles. The van der Waals surface area contributed by atoms with Crippen LogP contribution in [0.1, 0.15) is 37.0 Å². The van der Waals surface area contributed by atoms with Crippen LogP contribution in [-0.4, -0.2) is 26.7 Å². The van der Waals surface area contributed by atoms with Gasteiger partial charge in [0.15, 0.2) is 0 Å². The molecule has 3 N–H and O–H groups in total. The third kappa shape index (κ3) is 3.13. The summed E-state index contributed by atoms with van der Waals surface area (Å²) in [6.45, 7) is 8.41. The number of sulfonamides is 1. The van der Waals surface area contributed by atoms with Gasteiger partial charge in [-0.2, -0.15) is 0 Å². The van der Waals surface area contributed by atoms with Crippen molar-refractivity contribution in [2.45, 2.75) is 57.2 Å². The van der Waals surface area contributed by atoms with Gasteiger partial charge in [0.1, 0.15) is 0 Å². The minimum Gasteiger partial charge on any atom is -0.376 e. The Hall–Kier alpha value is -0.950. The van der Waals surface area contributed by atoms with Gasteiger partial charge in [0.25, 0.3) is 0 Å². The molecular formula is C15H24N2O3S. The molecule has 2 atom stereocenters. The molecular weight excluding hydrogens is 288 g/mol. The molecule has 1 aromatic rings. The highest BCUT2D eigenvalue weighted by atomic mass is 32.2. The molecule has 6 heteroatoms. The zero-order chi connectivity index (χ0) is 15.8. The van der Waals surface area contributed by atoms with Crippen LogP contribution < -0.4 is 10.5 Å². The predicted molar refractivity (Wildman–Crippen MR) is 82.6 cm³/mol. The fourth-order valence-corrected chi connectivity index (χ4v) is 4.49. The summed E-state index contributed by atoms with van der Waals surface area (Å²) < 4.78 is 33.8. The zero-order valence-electron chi connectivity index (χ0n) is 13.1. The summed E-state index contributed by atoms with van der Waals surface area (Å²) in [5.41, 5.74) is 7.71. The van der Waals surface area contributed by atoms with Gasteiger partial charge >= 0.3 is 0 Å². The van der Waals surface area contributed by atoms with Gasteiger partial charge in [0.2, 0.25) is 10.0 Å². The molecule has 2 rings (SSSR count). The maximum Gasteiger partial charge on any atom is 0.241 e. The second-order valence-corrected chi connectivity index (χ2v) is 7.69. The van der Waals surface area contributed by atoms with Crippen molar-refractivity contribution in [2.24, 2.45) is 5.73 Å². The van der Waals surface area contributed by atoms with Crippen LogP contribution >= 0.6 is 0 Å². The van der Waals surface area contributed by atoms with Gasteiger partial charge in [-0.3, -0.25) is 0 Å². The number of nitrogens with two attached hydrogens (primary N) is 1. The van der Waals surface area contributed by atoms with Crippen molar-refractivity contribution < 1.29 is 13.2 Å². The third-order valence-corrected chi connectivity index (χ3v) is 6.15. The Morgan fingerprint density at radius 3 is 2.57 bits per heavy atom. The summed E-state index contributed by atoms with van der Waals surface area (Å²) in [6.07, 6.45) is 0.522. The summed E-state index contributed by atoms with van der Waals surface area (Å²) >= 11 is 0. The lowest BCUT2D eigenvalue weighted by Crippen LogP contribution is -2.50. The molecule has 0 amide bonds. The van der Waals surface area contributed by atoms with Crippen molar-refractivity contribution in [1.82, 2.24) is 4.72 Å². The summed E-state index contributed by atoms with van der Waals surface area (Å²) in [5.74, 6) is 0. The van der Waals surface area contributed by atoms with Crippen molar-refractivity contribution >= 4 is 10.0 Å². The summed E-state index contributed by atoms with van der Waals surface area (Å²) in [7, 11) is -3.60. The lowest BCUT2D eigenvalue weighted by molar-refractivity contribution is 0.0957. The van der Waals surface area contributed by atoms with Gasteiger partial charge in [-0.25, -0.2) is 13.1 Å². The molecule has 1 aliphatic rings. The van der Waals surface area contributed by atoms with Crippen molar-refractivity contribution in [3.63, 3.8) is 0 Å². The highest BCUT2D eigenvalue weighted by Gasteiger charge is 2.40. The van der Waals surface area contributed by atoms with E-state index in [0.717, 1.165) is 16.7 Å². The Balaban J connectivity index is 2.40. The van der Waals surface area contributed by atoms with E-state index in [1.54, 1.807) is 13.0 Å². The van der Waals surface area contributed by atoms with Crippen LogP contribution in [0.25, 0.3) is 0 Å². The van der Waals surface area contributed by atoms with E-state index in [-0.39, 0.29) is 6.10 Å². The van der Waals surface area contributed by atoms with Crippen LogP contribution in [0.2, 0.25) is 0 Å². The van der Waals surface area contributed by atoms with E-state index < -0.39 is 15.6 Å². The quantitative estimate of drug-likeness (QED) is 0.885. The SMILES string of the molecule is Cc1cc(C)c(S(=O)(=O)NC2(C)CCOC2C)cc1CN. The average Bonchev–Trinajstić information content (AvgIpc) is 2.68. The lowest BCUT2D eigenvalue weighted by atomic mass is 9.97. The van der Waals surface area contributed by atoms with Gasteiger partial charge in [0, 0.05) is 13.2 Å². The van der Waals surface area contributed by atoms with Crippen molar-refractivity contribution in [3.8, 4) is 0 Å². The maximum atomic E-state index is 12.7. The first-order valence-corrected chi connectivity index (χ1v) is 8.64. The molecule has 0 aromatic heterocycles. The van der Waals surface area contributed by atoms with Crippen LogP contribution in [0.5, 0.6) is 0 Å². The van der Waals surface area contributed by atoms with E-state index in [1.165, 1.54) is 0 Å². The molecule has 1 fully saturated rings. The van der Waals surface area contributed by atoms with E-state index in [9.17, 15) is 8.42 Å². The highest BCUT2D eigenvalue weighted by Crippen LogP contribution is 2.28. The van der Waals surface area contributed by atoms with Crippen LogP contribution in [0.3, 0.4) is 0 Å². The lowest BCUT2D eigenvalue weighted by Gasteiger charge is -2.29. The fraction of sp³-hybridized carbons (Fsp3) is 0.600. The Morgan fingerprint density at radius 1 is 1.38 bits per heavy atom. The van der Waals surface area contributed by atoms with Crippen LogP contribution in [0.4, 0.5) is 0 Å². The molecule has 1 aliphatic heterocycles. The average molecular weight is 312 g/mol. The smallest absolute Gasteiger partial charge is 0.241 e. The van der Waals surface area contributed by atoms with Crippen LogP contribution in [0, 0.1) is 13.8 Å². The van der Waals surface area contributed by atoms with Crippen molar-refractivity contribution in [1.29, 1.82) is 0 Å². The van der Waals surface area contributed by atoms with E-state index in [4.69, 9.17) is 10.5 Å². The Labute approximate surface area is 126 Å². The van der Waals surface area contributed by atoms with E-state index in [0.29, 0.717) is 24.5 Å². The number of ether oxygens (including phenoxy) is 1. The van der Waals surface area contributed by atoms with Crippen molar-refractivity contribution in [2.75, 3.05) is 6.61 Å². The number of nitrogens with one attached hydrogen (secondary N) is 1. The number of hydrogen-bond acceptors (Lipinski definition) is 4. The van der Waals surface area contributed by atoms with E-state index >= 15 is 0 Å². The number of rotatable bonds is 4. The molecule has 0 spiro atoms. The first-order valence-electron chi connectivity index (χ1n) is 7.15. The summed E-state index contributed by atoms with van der Waals surface area (Å²) in [6, 6.07) is 3.55. The monoisotopic (exact) mass is 312 g/mol. The minimum absolute atomic E-state index is 0.146. The number of aryl methyl sites for hydroxylation is 2. The topological polar surface area (TPSA) is 81.4 Å².